The van der Waals surface area contributed by atoms with E-state index < -0.39 is 6.04 Å². The molecule has 202 valence electrons. The van der Waals surface area contributed by atoms with Crippen LogP contribution in [0.15, 0.2) is 79.0 Å². The Morgan fingerprint density at radius 2 is 1.82 bits per heavy atom. The van der Waals surface area contributed by atoms with Gasteiger partial charge in [-0.3, -0.25) is 9.59 Å². The van der Waals surface area contributed by atoms with Gasteiger partial charge in [-0.05, 0) is 48.2 Å². The van der Waals surface area contributed by atoms with Gasteiger partial charge in [-0.2, -0.15) is 0 Å². The molecule has 5 rings (SSSR count). The number of H-pyrrole nitrogens is 1. The third kappa shape index (κ3) is 6.23. The lowest BCUT2D eigenvalue weighted by molar-refractivity contribution is -0.141. The molecule has 0 fully saturated rings. The van der Waals surface area contributed by atoms with Gasteiger partial charge in [0.05, 0.1) is 6.42 Å². The van der Waals surface area contributed by atoms with Crippen molar-refractivity contribution in [3.8, 4) is 11.5 Å². The highest BCUT2D eigenvalue weighted by Crippen LogP contribution is 2.34. The van der Waals surface area contributed by atoms with Crippen LogP contribution < -0.4 is 14.8 Å². The predicted octanol–water partition coefficient (Wildman–Crippen LogP) is 4.75. The normalized spacial score (nSPS) is 12.8. The number of benzene rings is 3. The molecule has 3 aromatic carbocycles. The van der Waals surface area contributed by atoms with E-state index in [9.17, 15) is 9.59 Å². The number of para-hydroxylation sites is 1. The summed E-state index contributed by atoms with van der Waals surface area (Å²) in [6.45, 7) is 3.98. The summed E-state index contributed by atoms with van der Waals surface area (Å²) in [7, 11) is 0. The zero-order valence-corrected chi connectivity index (χ0v) is 22.0. The molecule has 0 aliphatic carbocycles. The number of fused-ring (bicyclic) bond motifs is 2. The zero-order chi connectivity index (χ0) is 27.0. The second-order valence-electron chi connectivity index (χ2n) is 9.40. The van der Waals surface area contributed by atoms with E-state index in [1.807, 2.05) is 85.9 Å². The first-order valence-electron chi connectivity index (χ1n) is 13.3. The van der Waals surface area contributed by atoms with Gasteiger partial charge in [-0.1, -0.05) is 54.6 Å². The van der Waals surface area contributed by atoms with Gasteiger partial charge in [0.1, 0.15) is 6.04 Å². The largest absolute Gasteiger partial charge is 0.454 e. The Bertz CT molecular complexity index is 1420. The number of aromatic nitrogens is 1. The lowest BCUT2D eigenvalue weighted by Gasteiger charge is -2.32. The number of nitrogens with one attached hydrogen (secondary N) is 2. The quantitative estimate of drug-likeness (QED) is 0.259. The van der Waals surface area contributed by atoms with Crippen molar-refractivity contribution >= 4 is 22.7 Å². The summed E-state index contributed by atoms with van der Waals surface area (Å²) in [6.07, 6.45) is 2.70. The van der Waals surface area contributed by atoms with Crippen molar-refractivity contribution < 1.29 is 23.8 Å². The summed E-state index contributed by atoms with van der Waals surface area (Å²) >= 11 is 0. The Morgan fingerprint density at radius 3 is 2.67 bits per heavy atom. The molecule has 2 N–H and O–H groups in total. The number of carbonyl (C=O) groups excluding carboxylic acids is 2. The van der Waals surface area contributed by atoms with Crippen LogP contribution in [0.3, 0.4) is 0 Å². The minimum Gasteiger partial charge on any atom is -0.454 e. The number of amides is 2. The first-order chi connectivity index (χ1) is 19.1. The van der Waals surface area contributed by atoms with Crippen LogP contribution in [-0.2, 0) is 27.3 Å². The number of carbonyl (C=O) groups is 2. The molecule has 2 amide bonds. The molecule has 0 unspecified atom stereocenters. The molecule has 1 aliphatic rings. The molecule has 0 radical (unpaired) electrons. The first kappa shape index (κ1) is 26.3. The van der Waals surface area contributed by atoms with Crippen molar-refractivity contribution in [1.82, 2.24) is 15.2 Å². The topological polar surface area (TPSA) is 92.9 Å². The fourth-order valence-corrected chi connectivity index (χ4v) is 4.84. The first-order valence-corrected chi connectivity index (χ1v) is 13.3. The van der Waals surface area contributed by atoms with Crippen molar-refractivity contribution in [2.45, 2.75) is 32.4 Å². The van der Waals surface area contributed by atoms with Crippen LogP contribution in [0.2, 0.25) is 0 Å². The number of ether oxygens (including phenoxy) is 3. The third-order valence-corrected chi connectivity index (χ3v) is 6.77. The Morgan fingerprint density at radius 1 is 1.03 bits per heavy atom. The van der Waals surface area contributed by atoms with Gasteiger partial charge in [-0.15, -0.1) is 0 Å². The highest BCUT2D eigenvalue weighted by Gasteiger charge is 2.32. The van der Waals surface area contributed by atoms with Crippen molar-refractivity contribution in [2.75, 3.05) is 26.6 Å². The average molecular weight is 528 g/mol. The fourth-order valence-electron chi connectivity index (χ4n) is 4.84. The molecule has 8 heteroatoms. The summed E-state index contributed by atoms with van der Waals surface area (Å²) in [4.78, 5) is 32.7. The average Bonchev–Trinajstić information content (AvgIpc) is 3.60. The second-order valence-corrected chi connectivity index (χ2v) is 9.40. The van der Waals surface area contributed by atoms with E-state index in [0.29, 0.717) is 37.7 Å². The SMILES string of the molecule is CCOCCCNC(=O)[C@@H](c1ccccc1)N(Cc1ccc2c(c1)OCO2)C(=O)Cc1c[nH]c2ccccc12. The monoisotopic (exact) mass is 527 g/mol. The van der Waals surface area contributed by atoms with Crippen molar-refractivity contribution in [1.29, 1.82) is 0 Å². The van der Waals surface area contributed by atoms with Crippen LogP contribution >= 0.6 is 0 Å². The molecule has 1 aromatic heterocycles. The maximum Gasteiger partial charge on any atom is 0.247 e. The van der Waals surface area contributed by atoms with Crippen LogP contribution in [-0.4, -0.2) is 48.2 Å². The third-order valence-electron chi connectivity index (χ3n) is 6.77. The van der Waals surface area contributed by atoms with E-state index in [-0.39, 0.29) is 31.6 Å². The van der Waals surface area contributed by atoms with Gasteiger partial charge in [0.25, 0.3) is 0 Å². The van der Waals surface area contributed by atoms with Crippen LogP contribution in [0.1, 0.15) is 36.1 Å². The molecular weight excluding hydrogens is 494 g/mol. The number of aromatic amines is 1. The Labute approximate surface area is 227 Å². The van der Waals surface area contributed by atoms with Gasteiger partial charge in [0, 0.05) is 43.4 Å². The standard InChI is InChI=1S/C31H33N3O5/c1-2-37-16-8-15-32-31(36)30(23-9-4-3-5-10-23)34(20-22-13-14-27-28(17-22)39-21-38-27)29(35)18-24-19-33-26-12-7-6-11-25(24)26/h3-7,9-14,17,19,30,33H,2,8,15-16,18,20-21H2,1H3,(H,32,36)/t30-/m1/s1. The Balaban J connectivity index is 1.46. The maximum atomic E-state index is 14.1. The van der Waals surface area contributed by atoms with Crippen molar-refractivity contribution in [3.63, 3.8) is 0 Å². The van der Waals surface area contributed by atoms with E-state index in [2.05, 4.69) is 10.3 Å². The zero-order valence-electron chi connectivity index (χ0n) is 22.0. The number of hydrogen-bond acceptors (Lipinski definition) is 5. The molecule has 1 aliphatic heterocycles. The van der Waals surface area contributed by atoms with Crippen LogP contribution in [0.25, 0.3) is 10.9 Å². The second kappa shape index (κ2) is 12.5. The minimum absolute atomic E-state index is 0.148. The van der Waals surface area contributed by atoms with Gasteiger partial charge < -0.3 is 29.4 Å². The summed E-state index contributed by atoms with van der Waals surface area (Å²) in [6, 6.07) is 22.1. The molecule has 39 heavy (non-hydrogen) atoms. The summed E-state index contributed by atoms with van der Waals surface area (Å²) < 4.78 is 16.4. The van der Waals surface area contributed by atoms with Crippen LogP contribution in [0.5, 0.6) is 11.5 Å². The molecule has 4 aromatic rings. The molecular formula is C31H33N3O5. The van der Waals surface area contributed by atoms with Crippen LogP contribution in [0, 0.1) is 0 Å². The molecule has 0 spiro atoms. The molecule has 2 heterocycles. The lowest BCUT2D eigenvalue weighted by atomic mass is 10.0. The Kier molecular flexibility index (Phi) is 8.43. The molecule has 0 saturated heterocycles. The van der Waals surface area contributed by atoms with Crippen LogP contribution in [0.4, 0.5) is 0 Å². The predicted molar refractivity (Wildman–Crippen MR) is 148 cm³/mol. The van der Waals surface area contributed by atoms with Gasteiger partial charge in [0.2, 0.25) is 18.6 Å². The smallest absolute Gasteiger partial charge is 0.247 e. The number of nitrogens with zero attached hydrogens (tertiary/aromatic N) is 1. The van der Waals surface area contributed by atoms with Gasteiger partial charge in [0.15, 0.2) is 11.5 Å². The van der Waals surface area contributed by atoms with E-state index in [0.717, 1.165) is 27.6 Å². The van der Waals surface area contributed by atoms with Crippen molar-refractivity contribution in [2.24, 2.45) is 0 Å². The summed E-state index contributed by atoms with van der Waals surface area (Å²) in [5, 5.41) is 4.02. The Hall–Kier alpha value is -4.30. The molecule has 0 saturated carbocycles. The lowest BCUT2D eigenvalue weighted by Crippen LogP contribution is -2.44. The molecule has 8 nitrogen and oxygen atoms in total. The highest BCUT2D eigenvalue weighted by molar-refractivity contribution is 5.92. The van der Waals surface area contributed by atoms with E-state index in [1.54, 1.807) is 4.90 Å². The number of rotatable bonds is 12. The minimum atomic E-state index is -0.818. The summed E-state index contributed by atoms with van der Waals surface area (Å²) in [5.74, 6) is 0.914. The van der Waals surface area contributed by atoms with E-state index >= 15 is 0 Å². The van der Waals surface area contributed by atoms with E-state index in [1.165, 1.54) is 0 Å². The van der Waals surface area contributed by atoms with E-state index in [4.69, 9.17) is 14.2 Å². The molecule has 1 atom stereocenters. The molecule has 0 bridgehead atoms. The van der Waals surface area contributed by atoms with Crippen molar-refractivity contribution in [3.05, 3.63) is 95.7 Å². The number of hydrogen-bond donors (Lipinski definition) is 2. The highest BCUT2D eigenvalue weighted by atomic mass is 16.7. The van der Waals surface area contributed by atoms with Gasteiger partial charge >= 0.3 is 0 Å². The van der Waals surface area contributed by atoms with Gasteiger partial charge in [-0.25, -0.2) is 0 Å². The maximum absolute atomic E-state index is 14.1. The fraction of sp³-hybridized carbons (Fsp3) is 0.290. The summed E-state index contributed by atoms with van der Waals surface area (Å²) in [5.41, 5.74) is 3.44.